The third-order valence-electron chi connectivity index (χ3n) is 4.31. The lowest BCUT2D eigenvalue weighted by molar-refractivity contribution is -0.140. The van der Waals surface area contributed by atoms with Gasteiger partial charge in [0.25, 0.3) is 5.91 Å². The molecule has 0 bridgehead atoms. The number of halogens is 3. The molecule has 0 unspecified atom stereocenters. The van der Waals surface area contributed by atoms with Crippen molar-refractivity contribution < 1.29 is 18.7 Å². The van der Waals surface area contributed by atoms with Crippen molar-refractivity contribution in [1.29, 1.82) is 0 Å². The molecule has 1 fully saturated rings. The van der Waals surface area contributed by atoms with Gasteiger partial charge in [0.2, 0.25) is 0 Å². The third-order valence-corrected chi connectivity index (χ3v) is 5.33. The molecule has 0 atom stereocenters. The number of benzene rings is 2. The fourth-order valence-electron chi connectivity index (χ4n) is 2.84. The largest absolute Gasteiger partial charge is 0.423 e. The first-order valence-electron chi connectivity index (χ1n) is 8.15. The lowest BCUT2D eigenvalue weighted by Gasteiger charge is -2.31. The maximum atomic E-state index is 13.8. The zero-order valence-corrected chi connectivity index (χ0v) is 16.9. The SMILES string of the molecule is O=C(Oc1ccc(Br)cc1F)C1CCN(C(=O)c2ccc(Br)cc2)CC1. The summed E-state index contributed by atoms with van der Waals surface area (Å²) in [6, 6.07) is 11.5. The van der Waals surface area contributed by atoms with Crippen LogP contribution in [0.15, 0.2) is 51.4 Å². The highest BCUT2D eigenvalue weighted by molar-refractivity contribution is 9.10. The van der Waals surface area contributed by atoms with E-state index >= 15 is 0 Å². The standard InChI is InChI=1S/C19H16Br2FNO3/c20-14-3-1-12(2-4-14)18(24)23-9-7-13(8-10-23)19(25)26-17-6-5-15(21)11-16(17)22/h1-6,11,13H,7-10H2. The maximum Gasteiger partial charge on any atom is 0.314 e. The summed E-state index contributed by atoms with van der Waals surface area (Å²) < 4.78 is 20.5. The summed E-state index contributed by atoms with van der Waals surface area (Å²) >= 11 is 6.51. The number of carbonyl (C=O) groups is 2. The lowest BCUT2D eigenvalue weighted by atomic mass is 9.96. The first-order chi connectivity index (χ1) is 12.4. The molecular formula is C19H16Br2FNO3. The van der Waals surface area contributed by atoms with E-state index in [1.165, 1.54) is 12.1 Å². The van der Waals surface area contributed by atoms with Crippen molar-refractivity contribution in [3.63, 3.8) is 0 Å². The molecule has 1 aliphatic heterocycles. The topological polar surface area (TPSA) is 46.6 Å². The average Bonchev–Trinajstić information content (AvgIpc) is 2.64. The summed E-state index contributed by atoms with van der Waals surface area (Å²) in [4.78, 5) is 26.5. The minimum atomic E-state index is -0.587. The average molecular weight is 485 g/mol. The molecule has 1 amide bonds. The second kappa shape index (κ2) is 8.31. The van der Waals surface area contributed by atoms with Crippen molar-refractivity contribution in [2.24, 2.45) is 5.92 Å². The fraction of sp³-hybridized carbons (Fsp3) is 0.263. The predicted molar refractivity (Wildman–Crippen MR) is 103 cm³/mol. The van der Waals surface area contributed by atoms with E-state index in [2.05, 4.69) is 31.9 Å². The molecule has 136 valence electrons. The normalized spacial score (nSPS) is 15.0. The van der Waals surface area contributed by atoms with Crippen molar-refractivity contribution >= 4 is 43.7 Å². The van der Waals surface area contributed by atoms with Gasteiger partial charge in [-0.2, -0.15) is 0 Å². The van der Waals surface area contributed by atoms with E-state index in [1.807, 2.05) is 12.1 Å². The summed E-state index contributed by atoms with van der Waals surface area (Å²) in [7, 11) is 0. The van der Waals surface area contributed by atoms with Crippen molar-refractivity contribution in [2.75, 3.05) is 13.1 Å². The highest BCUT2D eigenvalue weighted by Gasteiger charge is 2.29. The molecular weight excluding hydrogens is 469 g/mol. The van der Waals surface area contributed by atoms with E-state index in [0.717, 1.165) is 4.47 Å². The molecule has 1 aliphatic rings. The first kappa shape index (κ1) is 19.0. The van der Waals surface area contributed by atoms with Gasteiger partial charge in [0.15, 0.2) is 11.6 Å². The van der Waals surface area contributed by atoms with Crippen LogP contribution in [-0.2, 0) is 4.79 Å². The summed E-state index contributed by atoms with van der Waals surface area (Å²) in [5, 5.41) is 0. The molecule has 0 N–H and O–H groups in total. The summed E-state index contributed by atoms with van der Waals surface area (Å²) in [6.45, 7) is 0.939. The number of carbonyl (C=O) groups excluding carboxylic acids is 2. The Morgan fingerprint density at radius 2 is 1.62 bits per heavy atom. The molecule has 3 rings (SSSR count). The quantitative estimate of drug-likeness (QED) is 0.464. The molecule has 2 aromatic carbocycles. The molecule has 4 nitrogen and oxygen atoms in total. The molecule has 2 aromatic rings. The van der Waals surface area contributed by atoms with Gasteiger partial charge in [-0.1, -0.05) is 31.9 Å². The molecule has 0 radical (unpaired) electrons. The van der Waals surface area contributed by atoms with Gasteiger partial charge in [-0.05, 0) is 55.3 Å². The maximum absolute atomic E-state index is 13.8. The number of piperidine rings is 1. The van der Waals surface area contributed by atoms with Crippen molar-refractivity contribution in [3.8, 4) is 5.75 Å². The van der Waals surface area contributed by atoms with E-state index in [9.17, 15) is 14.0 Å². The molecule has 0 saturated carbocycles. The monoisotopic (exact) mass is 483 g/mol. The number of ether oxygens (including phenoxy) is 1. The Morgan fingerprint density at radius 3 is 2.23 bits per heavy atom. The Balaban J connectivity index is 1.56. The van der Waals surface area contributed by atoms with Crippen LogP contribution in [-0.4, -0.2) is 29.9 Å². The molecule has 0 aromatic heterocycles. The Bertz CT molecular complexity index is 818. The number of likely N-dealkylation sites (tertiary alicyclic amines) is 1. The Morgan fingerprint density at radius 1 is 1.00 bits per heavy atom. The van der Waals surface area contributed by atoms with Crippen LogP contribution in [0.4, 0.5) is 4.39 Å². The molecule has 0 aliphatic carbocycles. The number of hydrogen-bond donors (Lipinski definition) is 0. The highest BCUT2D eigenvalue weighted by atomic mass is 79.9. The van der Waals surface area contributed by atoms with Gasteiger partial charge in [-0.15, -0.1) is 0 Å². The van der Waals surface area contributed by atoms with Crippen LogP contribution in [0.5, 0.6) is 5.75 Å². The number of nitrogens with zero attached hydrogens (tertiary/aromatic N) is 1. The second-order valence-corrected chi connectivity index (χ2v) is 7.90. The van der Waals surface area contributed by atoms with Gasteiger partial charge in [-0.3, -0.25) is 9.59 Å². The molecule has 26 heavy (non-hydrogen) atoms. The van der Waals surface area contributed by atoms with E-state index in [-0.39, 0.29) is 17.6 Å². The van der Waals surface area contributed by atoms with Gasteiger partial charge in [0.1, 0.15) is 0 Å². The van der Waals surface area contributed by atoms with Crippen molar-refractivity contribution in [2.45, 2.75) is 12.8 Å². The molecule has 0 spiro atoms. The number of rotatable bonds is 3. The fourth-order valence-corrected chi connectivity index (χ4v) is 3.44. The third kappa shape index (κ3) is 4.51. The molecule has 1 heterocycles. The number of amides is 1. The number of esters is 1. The zero-order valence-electron chi connectivity index (χ0n) is 13.8. The zero-order chi connectivity index (χ0) is 18.7. The number of hydrogen-bond acceptors (Lipinski definition) is 3. The Kier molecular flexibility index (Phi) is 6.09. The Labute approximate surface area is 167 Å². The van der Waals surface area contributed by atoms with Gasteiger partial charge in [0.05, 0.1) is 5.92 Å². The van der Waals surface area contributed by atoms with Crippen molar-refractivity contribution in [1.82, 2.24) is 4.90 Å². The van der Waals surface area contributed by atoms with Crippen LogP contribution in [0.25, 0.3) is 0 Å². The van der Waals surface area contributed by atoms with Crippen LogP contribution in [0.1, 0.15) is 23.2 Å². The van der Waals surface area contributed by atoms with Crippen LogP contribution in [0.2, 0.25) is 0 Å². The van der Waals surface area contributed by atoms with E-state index < -0.39 is 11.8 Å². The summed E-state index contributed by atoms with van der Waals surface area (Å²) in [6.07, 6.45) is 0.999. The van der Waals surface area contributed by atoms with E-state index in [4.69, 9.17) is 4.74 Å². The van der Waals surface area contributed by atoms with E-state index in [0.29, 0.717) is 36.0 Å². The summed E-state index contributed by atoms with van der Waals surface area (Å²) in [5.74, 6) is -1.51. The van der Waals surface area contributed by atoms with Crippen LogP contribution in [0, 0.1) is 11.7 Å². The minimum absolute atomic E-state index is 0.0525. The molecule has 7 heteroatoms. The second-order valence-electron chi connectivity index (χ2n) is 6.07. The van der Waals surface area contributed by atoms with Gasteiger partial charge in [0, 0.05) is 27.6 Å². The summed E-state index contributed by atoms with van der Waals surface area (Å²) in [5.41, 5.74) is 0.617. The smallest absolute Gasteiger partial charge is 0.314 e. The molecule has 1 saturated heterocycles. The van der Waals surface area contributed by atoms with Gasteiger partial charge < -0.3 is 9.64 Å². The van der Waals surface area contributed by atoms with E-state index in [1.54, 1.807) is 23.1 Å². The minimum Gasteiger partial charge on any atom is -0.423 e. The highest BCUT2D eigenvalue weighted by Crippen LogP contribution is 2.25. The van der Waals surface area contributed by atoms with Crippen molar-refractivity contribution in [3.05, 3.63) is 62.8 Å². The van der Waals surface area contributed by atoms with Gasteiger partial charge in [-0.25, -0.2) is 4.39 Å². The van der Waals surface area contributed by atoms with Crippen LogP contribution >= 0.6 is 31.9 Å². The van der Waals surface area contributed by atoms with Crippen LogP contribution in [0.3, 0.4) is 0 Å². The first-order valence-corrected chi connectivity index (χ1v) is 9.74. The van der Waals surface area contributed by atoms with Gasteiger partial charge >= 0.3 is 5.97 Å². The lowest BCUT2D eigenvalue weighted by Crippen LogP contribution is -2.41. The van der Waals surface area contributed by atoms with Crippen LogP contribution < -0.4 is 4.74 Å². The predicted octanol–water partition coefficient (Wildman–Crippen LogP) is 4.81. The Hall–Kier alpha value is -1.73.